The second kappa shape index (κ2) is 20.9. The molecule has 0 spiro atoms. The highest BCUT2D eigenvalue weighted by atomic mass is 35.5. The molecule has 0 saturated heterocycles. The van der Waals surface area contributed by atoms with Gasteiger partial charge in [-0.15, -0.1) is 11.3 Å². The molecule has 0 saturated carbocycles. The number of halogens is 1. The van der Waals surface area contributed by atoms with E-state index in [2.05, 4.69) is 50.4 Å². The summed E-state index contributed by atoms with van der Waals surface area (Å²) < 4.78 is 25.4. The number of aryl methyl sites for hydroxylation is 2. The summed E-state index contributed by atoms with van der Waals surface area (Å²) in [5.41, 5.74) is 6.24. The van der Waals surface area contributed by atoms with E-state index in [9.17, 15) is 9.59 Å². The first kappa shape index (κ1) is 45.0. The van der Waals surface area contributed by atoms with Crippen LogP contribution in [0.15, 0.2) is 115 Å². The van der Waals surface area contributed by atoms with Gasteiger partial charge in [-0.1, -0.05) is 60.1 Å². The molecule has 7 rings (SSSR count). The number of aromatic nitrogens is 1. The van der Waals surface area contributed by atoms with Crippen LogP contribution in [0.4, 0.5) is 5.69 Å². The SMILES string of the molecule is CCOc1ccc(CN(C)CC(=O)Nc2ccc3c(c2)c2ccccc2n3CCc2cccc(COc3ccc(C(=O)NCC(c4cccs4)N(C)C)cc3OC)c2Cl)cc1OC. The number of carbonyl (C=O) groups is 2. The molecule has 0 aliphatic heterocycles. The normalized spacial score (nSPS) is 11.9. The molecule has 2 amide bonds. The lowest BCUT2D eigenvalue weighted by molar-refractivity contribution is -0.117. The van der Waals surface area contributed by atoms with Crippen LogP contribution in [0.1, 0.15) is 44.9 Å². The third kappa shape index (κ3) is 10.8. The molecule has 0 aliphatic carbocycles. The number of para-hydroxylation sites is 1. The minimum atomic E-state index is -0.188. The number of amides is 2. The van der Waals surface area contributed by atoms with Crippen molar-refractivity contribution in [3.63, 3.8) is 0 Å². The highest BCUT2D eigenvalue weighted by Crippen LogP contribution is 2.34. The van der Waals surface area contributed by atoms with Crippen LogP contribution in [0, 0.1) is 0 Å². The summed E-state index contributed by atoms with van der Waals surface area (Å²) in [6.07, 6.45) is 0.680. The van der Waals surface area contributed by atoms with E-state index in [1.807, 2.05) is 99.0 Å². The summed E-state index contributed by atoms with van der Waals surface area (Å²) in [7, 11) is 9.12. The van der Waals surface area contributed by atoms with Crippen molar-refractivity contribution in [2.24, 2.45) is 0 Å². The minimum Gasteiger partial charge on any atom is -0.493 e. The third-order valence-electron chi connectivity index (χ3n) is 11.0. The average molecular weight is 889 g/mol. The molecular weight excluding hydrogens is 834 g/mol. The molecule has 0 radical (unpaired) electrons. The fourth-order valence-electron chi connectivity index (χ4n) is 7.83. The van der Waals surface area contributed by atoms with Gasteiger partial charge < -0.3 is 39.0 Å². The highest BCUT2D eigenvalue weighted by Gasteiger charge is 2.19. The van der Waals surface area contributed by atoms with Crippen molar-refractivity contribution in [2.45, 2.75) is 39.1 Å². The highest BCUT2D eigenvalue weighted by molar-refractivity contribution is 7.10. The molecule has 1 atom stereocenters. The topological polar surface area (TPSA) is 107 Å². The van der Waals surface area contributed by atoms with Crippen molar-refractivity contribution >= 4 is 62.2 Å². The second-order valence-corrected chi connectivity index (χ2v) is 16.9. The number of carbonyl (C=O) groups excluding carboxylic acids is 2. The first-order chi connectivity index (χ1) is 30.6. The van der Waals surface area contributed by atoms with Gasteiger partial charge in [0, 0.05) is 63.1 Å². The lowest BCUT2D eigenvalue weighted by Crippen LogP contribution is -2.34. The van der Waals surface area contributed by atoms with Crippen LogP contribution in [0.2, 0.25) is 5.02 Å². The number of hydrogen-bond acceptors (Lipinski definition) is 9. The van der Waals surface area contributed by atoms with Gasteiger partial charge in [-0.2, -0.15) is 0 Å². The number of rotatable bonds is 20. The fraction of sp³-hybridized carbons (Fsp3) is 0.280. The van der Waals surface area contributed by atoms with Crippen molar-refractivity contribution in [3.8, 4) is 23.0 Å². The number of hydrogen-bond donors (Lipinski definition) is 2. The number of nitrogens with zero attached hydrogens (tertiary/aromatic N) is 3. The molecule has 2 N–H and O–H groups in total. The van der Waals surface area contributed by atoms with Crippen LogP contribution in [-0.2, 0) is 30.9 Å². The van der Waals surface area contributed by atoms with Gasteiger partial charge in [0.05, 0.1) is 38.4 Å². The Morgan fingerprint density at radius 1 is 0.778 bits per heavy atom. The number of benzene rings is 5. The van der Waals surface area contributed by atoms with Crippen LogP contribution in [0.25, 0.3) is 21.8 Å². The van der Waals surface area contributed by atoms with Crippen LogP contribution in [-0.4, -0.2) is 81.2 Å². The van der Waals surface area contributed by atoms with Gasteiger partial charge in [-0.3, -0.25) is 14.5 Å². The summed E-state index contributed by atoms with van der Waals surface area (Å²) >= 11 is 8.73. The Morgan fingerprint density at radius 3 is 2.29 bits per heavy atom. The number of anilines is 1. The Bertz CT molecular complexity index is 2680. The van der Waals surface area contributed by atoms with E-state index in [4.69, 9.17) is 30.5 Å². The van der Waals surface area contributed by atoms with Crippen molar-refractivity contribution in [3.05, 3.63) is 147 Å². The van der Waals surface area contributed by atoms with Crippen molar-refractivity contribution < 1.29 is 28.5 Å². The van der Waals surface area contributed by atoms with E-state index in [1.54, 1.807) is 43.8 Å². The Morgan fingerprint density at radius 2 is 1.52 bits per heavy atom. The summed E-state index contributed by atoms with van der Waals surface area (Å²) in [6, 6.07) is 35.6. The maximum atomic E-state index is 13.2. The summed E-state index contributed by atoms with van der Waals surface area (Å²) in [6.45, 7) is 4.65. The van der Waals surface area contributed by atoms with Gasteiger partial charge in [0.15, 0.2) is 23.0 Å². The molecule has 63 heavy (non-hydrogen) atoms. The van der Waals surface area contributed by atoms with E-state index >= 15 is 0 Å². The van der Waals surface area contributed by atoms with Crippen molar-refractivity contribution in [2.75, 3.05) is 60.4 Å². The number of ether oxygens (including phenoxy) is 4. The lowest BCUT2D eigenvalue weighted by Gasteiger charge is -2.23. The molecular formula is C50H54ClN5O6S. The zero-order chi connectivity index (χ0) is 44.5. The van der Waals surface area contributed by atoms with Gasteiger partial charge in [-0.05, 0) is 112 Å². The molecule has 2 heterocycles. The number of methoxy groups -OCH3 is 2. The number of fused-ring (bicyclic) bond motifs is 3. The number of nitrogens with one attached hydrogen (secondary N) is 2. The monoisotopic (exact) mass is 887 g/mol. The van der Waals surface area contributed by atoms with Gasteiger partial charge in [0.2, 0.25) is 5.91 Å². The van der Waals surface area contributed by atoms with Gasteiger partial charge in [0.25, 0.3) is 5.91 Å². The van der Waals surface area contributed by atoms with Crippen molar-refractivity contribution in [1.82, 2.24) is 19.7 Å². The Hall–Kier alpha value is -6.05. The molecule has 0 fully saturated rings. The van der Waals surface area contributed by atoms with Crippen LogP contribution in [0.5, 0.6) is 23.0 Å². The second-order valence-electron chi connectivity index (χ2n) is 15.5. The summed E-state index contributed by atoms with van der Waals surface area (Å²) in [4.78, 5) is 31.7. The maximum Gasteiger partial charge on any atom is 0.251 e. The Balaban J connectivity index is 0.984. The molecule has 0 bridgehead atoms. The first-order valence-corrected chi connectivity index (χ1v) is 22.2. The predicted molar refractivity (Wildman–Crippen MR) is 254 cm³/mol. The largest absolute Gasteiger partial charge is 0.493 e. The molecule has 13 heteroatoms. The summed E-state index contributed by atoms with van der Waals surface area (Å²) in [5, 5.41) is 11.0. The van der Waals surface area contributed by atoms with E-state index in [-0.39, 0.29) is 31.0 Å². The Labute approximate surface area is 378 Å². The molecule has 7 aromatic rings. The standard InChI is InChI=1S/C50H54ClN5O6S/c1-7-61-43-21-17-33(26-45(43)59-5)30-55(4)31-48(57)53-37-19-20-41-39(28-37)38-14-8-9-15-40(38)56(41)24-23-34-12-10-13-36(49(34)51)32-62-44-22-18-35(27-46(44)60-6)50(58)52-29-42(54(2)3)47-16-11-25-63-47/h8-22,25-28,42H,7,23-24,29-32H2,1-6H3,(H,52,58)(H,53,57). The smallest absolute Gasteiger partial charge is 0.251 e. The van der Waals surface area contributed by atoms with Crippen LogP contribution >= 0.6 is 22.9 Å². The van der Waals surface area contributed by atoms with Gasteiger partial charge in [0.1, 0.15) is 6.61 Å². The third-order valence-corrected chi connectivity index (χ3v) is 12.4. The van der Waals surface area contributed by atoms with E-state index in [1.165, 1.54) is 4.88 Å². The van der Waals surface area contributed by atoms with Gasteiger partial charge in [-0.25, -0.2) is 0 Å². The zero-order valence-electron chi connectivity index (χ0n) is 36.6. The van der Waals surface area contributed by atoms with Crippen LogP contribution < -0.4 is 29.6 Å². The maximum absolute atomic E-state index is 13.2. The fourth-order valence-corrected chi connectivity index (χ4v) is 9.03. The number of likely N-dealkylation sites (N-methyl/N-ethyl adjacent to an activating group) is 2. The summed E-state index contributed by atoms with van der Waals surface area (Å²) in [5.74, 6) is 2.05. The molecule has 0 aliphatic rings. The van der Waals surface area contributed by atoms with Crippen molar-refractivity contribution in [1.29, 1.82) is 0 Å². The average Bonchev–Trinajstić information content (AvgIpc) is 3.92. The molecule has 2 aromatic heterocycles. The molecule has 11 nitrogen and oxygen atoms in total. The molecule has 328 valence electrons. The zero-order valence-corrected chi connectivity index (χ0v) is 38.1. The first-order valence-electron chi connectivity index (χ1n) is 20.9. The quantitative estimate of drug-likeness (QED) is 0.0780. The molecule has 5 aromatic carbocycles. The Kier molecular flexibility index (Phi) is 14.9. The minimum absolute atomic E-state index is 0.0715. The molecule has 1 unspecified atom stereocenters. The van der Waals surface area contributed by atoms with E-state index < -0.39 is 0 Å². The lowest BCUT2D eigenvalue weighted by atomic mass is 10.1. The number of thiophene rings is 1. The van der Waals surface area contributed by atoms with Gasteiger partial charge >= 0.3 is 0 Å². The van der Waals surface area contributed by atoms with E-state index in [0.29, 0.717) is 66.2 Å². The predicted octanol–water partition coefficient (Wildman–Crippen LogP) is 9.85. The van der Waals surface area contributed by atoms with Crippen LogP contribution in [0.3, 0.4) is 0 Å². The van der Waals surface area contributed by atoms with E-state index in [0.717, 1.165) is 44.2 Å².